The highest BCUT2D eigenvalue weighted by Gasteiger charge is 2.22. The highest BCUT2D eigenvalue weighted by atomic mass is 35.5. The van der Waals surface area contributed by atoms with Gasteiger partial charge in [-0.2, -0.15) is 4.98 Å². The van der Waals surface area contributed by atoms with Gasteiger partial charge in [0, 0.05) is 37.1 Å². The van der Waals surface area contributed by atoms with Gasteiger partial charge in [-0.15, -0.1) is 11.3 Å². The average Bonchev–Trinajstić information content (AvgIpc) is 3.17. The van der Waals surface area contributed by atoms with E-state index in [1.165, 1.54) is 0 Å². The molecular formula is C22H22ClN5O2S. The summed E-state index contributed by atoms with van der Waals surface area (Å²) in [6.45, 7) is 5.71. The van der Waals surface area contributed by atoms with Crippen molar-refractivity contribution in [1.82, 2.24) is 20.3 Å². The molecule has 0 bridgehead atoms. The van der Waals surface area contributed by atoms with Crippen molar-refractivity contribution >= 4 is 49.2 Å². The van der Waals surface area contributed by atoms with Crippen LogP contribution in [0, 0.1) is 6.92 Å². The van der Waals surface area contributed by atoms with E-state index < -0.39 is 0 Å². The molecule has 0 atom stereocenters. The molecule has 4 heterocycles. The number of hydrogen-bond donors (Lipinski definition) is 1. The topological polar surface area (TPSA) is 72.4 Å². The van der Waals surface area contributed by atoms with E-state index in [4.69, 9.17) is 26.1 Å². The fourth-order valence-electron chi connectivity index (χ4n) is 4.01. The number of nitrogens with one attached hydrogen (secondary N) is 1. The highest BCUT2D eigenvalue weighted by molar-refractivity contribution is 7.26. The fraction of sp³-hybridized carbons (Fsp3) is 0.318. The second-order valence-electron chi connectivity index (χ2n) is 7.41. The van der Waals surface area contributed by atoms with Gasteiger partial charge >= 0.3 is 0 Å². The van der Waals surface area contributed by atoms with Gasteiger partial charge in [0.05, 0.1) is 30.1 Å². The van der Waals surface area contributed by atoms with E-state index in [0.717, 1.165) is 69.3 Å². The highest BCUT2D eigenvalue weighted by Crippen LogP contribution is 2.41. The molecule has 1 aliphatic rings. The first kappa shape index (κ1) is 20.2. The summed E-state index contributed by atoms with van der Waals surface area (Å²) < 4.78 is 11.9. The van der Waals surface area contributed by atoms with Crippen molar-refractivity contribution in [3.63, 3.8) is 0 Å². The molecule has 0 saturated carbocycles. The Labute approximate surface area is 189 Å². The number of thiophene rings is 1. The molecule has 0 amide bonds. The van der Waals surface area contributed by atoms with Crippen molar-refractivity contribution in [1.29, 1.82) is 0 Å². The summed E-state index contributed by atoms with van der Waals surface area (Å²) in [6.07, 6.45) is 0. The van der Waals surface area contributed by atoms with Gasteiger partial charge in [0.1, 0.15) is 4.83 Å². The molecule has 0 radical (unpaired) electrons. The number of methoxy groups -OCH3 is 2. The molecule has 0 unspecified atom stereocenters. The zero-order valence-electron chi connectivity index (χ0n) is 17.5. The zero-order chi connectivity index (χ0) is 21.5. The second-order valence-corrected chi connectivity index (χ2v) is 8.74. The van der Waals surface area contributed by atoms with Crippen LogP contribution in [0.2, 0.25) is 5.28 Å². The maximum absolute atomic E-state index is 6.34. The van der Waals surface area contributed by atoms with Gasteiger partial charge in [-0.3, -0.25) is 0 Å². The number of piperazine rings is 1. The van der Waals surface area contributed by atoms with Crippen LogP contribution < -0.4 is 19.7 Å². The molecular weight excluding hydrogens is 434 g/mol. The molecule has 0 spiro atoms. The lowest BCUT2D eigenvalue weighted by atomic mass is 10.1. The molecule has 4 aromatic rings. The Kier molecular flexibility index (Phi) is 5.29. The Morgan fingerprint density at radius 2 is 1.81 bits per heavy atom. The number of ether oxygens (including phenoxy) is 2. The largest absolute Gasteiger partial charge is 0.493 e. The Bertz CT molecular complexity index is 1290. The molecule has 1 aliphatic heterocycles. The normalized spacial score (nSPS) is 14.4. The number of aryl methyl sites for hydroxylation is 1. The summed E-state index contributed by atoms with van der Waals surface area (Å²) in [4.78, 5) is 17.3. The molecule has 5 rings (SSSR count). The Morgan fingerprint density at radius 1 is 1.03 bits per heavy atom. The molecule has 1 saturated heterocycles. The standard InChI is InChI=1S/C22H22ClN5O2S/c1-12-10-14(13-4-5-15(29-2)16(11-13)30-3)25-21-17(12)18-19(31-21)20(27-22(23)26-18)28-8-6-24-7-9-28/h4-5,10-11,24H,6-9H2,1-3H3. The summed E-state index contributed by atoms with van der Waals surface area (Å²) in [7, 11) is 3.26. The van der Waals surface area contributed by atoms with Gasteiger partial charge in [-0.25, -0.2) is 9.97 Å². The van der Waals surface area contributed by atoms with Gasteiger partial charge in [0.15, 0.2) is 17.3 Å². The van der Waals surface area contributed by atoms with Gasteiger partial charge in [-0.05, 0) is 48.4 Å². The van der Waals surface area contributed by atoms with Gasteiger partial charge in [0.25, 0.3) is 0 Å². The molecule has 31 heavy (non-hydrogen) atoms. The van der Waals surface area contributed by atoms with Crippen molar-refractivity contribution in [3.8, 4) is 22.8 Å². The smallest absolute Gasteiger partial charge is 0.224 e. The third kappa shape index (κ3) is 3.54. The average molecular weight is 456 g/mol. The van der Waals surface area contributed by atoms with Crippen LogP contribution in [-0.4, -0.2) is 55.4 Å². The monoisotopic (exact) mass is 455 g/mol. The Morgan fingerprint density at radius 3 is 2.55 bits per heavy atom. The Balaban J connectivity index is 1.69. The minimum absolute atomic E-state index is 0.268. The van der Waals surface area contributed by atoms with E-state index in [-0.39, 0.29) is 5.28 Å². The number of rotatable bonds is 4. The number of pyridine rings is 1. The van der Waals surface area contributed by atoms with E-state index >= 15 is 0 Å². The van der Waals surface area contributed by atoms with Crippen LogP contribution >= 0.6 is 22.9 Å². The molecule has 7 nitrogen and oxygen atoms in total. The number of nitrogens with zero attached hydrogens (tertiary/aromatic N) is 4. The molecule has 3 aromatic heterocycles. The first-order valence-corrected chi connectivity index (χ1v) is 11.2. The lowest BCUT2D eigenvalue weighted by molar-refractivity contribution is 0.355. The van der Waals surface area contributed by atoms with E-state index in [1.807, 2.05) is 18.2 Å². The predicted octanol–water partition coefficient (Wildman–Crippen LogP) is 4.30. The first-order chi connectivity index (χ1) is 15.1. The summed E-state index contributed by atoms with van der Waals surface area (Å²) in [6, 6.07) is 7.91. The fourth-order valence-corrected chi connectivity index (χ4v) is 5.38. The molecule has 160 valence electrons. The number of hydrogen-bond acceptors (Lipinski definition) is 8. The summed E-state index contributed by atoms with van der Waals surface area (Å²) in [5.74, 6) is 2.26. The van der Waals surface area contributed by atoms with Crippen LogP contribution in [0.15, 0.2) is 24.3 Å². The third-order valence-electron chi connectivity index (χ3n) is 5.54. The van der Waals surface area contributed by atoms with Crippen LogP contribution in [0.4, 0.5) is 5.82 Å². The quantitative estimate of drug-likeness (QED) is 0.460. The van der Waals surface area contributed by atoms with E-state index in [9.17, 15) is 0 Å². The van der Waals surface area contributed by atoms with Gasteiger partial charge in [0.2, 0.25) is 5.28 Å². The lowest BCUT2D eigenvalue weighted by Gasteiger charge is -2.28. The number of anilines is 1. The van der Waals surface area contributed by atoms with Crippen molar-refractivity contribution in [2.24, 2.45) is 0 Å². The SMILES string of the molecule is COc1ccc(-c2cc(C)c3c(n2)sc2c(N4CCNCC4)nc(Cl)nc23)cc1OC. The van der Waals surface area contributed by atoms with Crippen LogP contribution in [0.25, 0.3) is 31.7 Å². The predicted molar refractivity (Wildman–Crippen MR) is 126 cm³/mol. The van der Waals surface area contributed by atoms with E-state index in [0.29, 0.717) is 11.5 Å². The molecule has 1 aromatic carbocycles. The van der Waals surface area contributed by atoms with Crippen LogP contribution in [0.3, 0.4) is 0 Å². The summed E-state index contributed by atoms with van der Waals surface area (Å²) in [5, 5.41) is 4.68. The van der Waals surface area contributed by atoms with Crippen LogP contribution in [-0.2, 0) is 0 Å². The number of halogens is 1. The van der Waals surface area contributed by atoms with Gasteiger partial charge < -0.3 is 19.7 Å². The number of fused-ring (bicyclic) bond motifs is 3. The number of benzene rings is 1. The molecule has 9 heteroatoms. The van der Waals surface area contributed by atoms with E-state index in [1.54, 1.807) is 25.6 Å². The number of aromatic nitrogens is 3. The molecule has 0 aliphatic carbocycles. The Hall–Kier alpha value is -2.68. The minimum Gasteiger partial charge on any atom is -0.493 e. The van der Waals surface area contributed by atoms with Gasteiger partial charge in [-0.1, -0.05) is 0 Å². The first-order valence-electron chi connectivity index (χ1n) is 10.0. The van der Waals surface area contributed by atoms with Crippen LogP contribution in [0.5, 0.6) is 11.5 Å². The molecule has 1 N–H and O–H groups in total. The van der Waals surface area contributed by atoms with Crippen molar-refractivity contribution in [2.75, 3.05) is 45.3 Å². The molecule has 1 fully saturated rings. The lowest BCUT2D eigenvalue weighted by Crippen LogP contribution is -2.44. The van der Waals surface area contributed by atoms with Crippen molar-refractivity contribution < 1.29 is 9.47 Å². The zero-order valence-corrected chi connectivity index (χ0v) is 19.1. The van der Waals surface area contributed by atoms with Crippen molar-refractivity contribution in [3.05, 3.63) is 35.1 Å². The minimum atomic E-state index is 0.268. The summed E-state index contributed by atoms with van der Waals surface area (Å²) in [5.41, 5.74) is 3.81. The maximum atomic E-state index is 6.34. The van der Waals surface area contributed by atoms with Crippen LogP contribution in [0.1, 0.15) is 5.56 Å². The third-order valence-corrected chi connectivity index (χ3v) is 6.77. The van der Waals surface area contributed by atoms with E-state index in [2.05, 4.69) is 33.2 Å². The van der Waals surface area contributed by atoms with Crippen molar-refractivity contribution in [2.45, 2.75) is 6.92 Å². The maximum Gasteiger partial charge on any atom is 0.224 e. The second kappa shape index (κ2) is 8.11. The summed E-state index contributed by atoms with van der Waals surface area (Å²) >= 11 is 7.95.